The highest BCUT2D eigenvalue weighted by atomic mass is 35.5. The Morgan fingerprint density at radius 2 is 2.19 bits per heavy atom. The lowest BCUT2D eigenvalue weighted by Crippen LogP contribution is -2.29. The molecular weight excluding hydrogens is 252 g/mol. The molecule has 2 rings (SSSR count). The molecule has 1 aromatic carbocycles. The summed E-state index contributed by atoms with van der Waals surface area (Å²) in [6, 6.07) is 4.31. The van der Waals surface area contributed by atoms with Gasteiger partial charge in [0, 0.05) is 16.6 Å². The molecule has 0 spiro atoms. The van der Waals surface area contributed by atoms with Crippen molar-refractivity contribution in [3.8, 4) is 0 Å². The monoisotopic (exact) mass is 261 g/mol. The minimum absolute atomic E-state index is 0.157. The number of rotatable bonds is 3. The standard InChI is InChI=1S/C11H10Cl2FNO/c12-6-1-4-8(9(14)5-6)10(13)11(16)15-7-2-3-7/h1,4-5,7,10H,2-3H2,(H,15,16). The number of hydrogen-bond donors (Lipinski definition) is 1. The quantitative estimate of drug-likeness (QED) is 0.833. The van der Waals surface area contributed by atoms with E-state index in [0.29, 0.717) is 0 Å². The smallest absolute Gasteiger partial charge is 0.242 e. The molecule has 0 bridgehead atoms. The largest absolute Gasteiger partial charge is 0.352 e. The maximum Gasteiger partial charge on any atom is 0.242 e. The van der Waals surface area contributed by atoms with E-state index in [4.69, 9.17) is 23.2 Å². The van der Waals surface area contributed by atoms with E-state index in [2.05, 4.69) is 5.32 Å². The van der Waals surface area contributed by atoms with E-state index >= 15 is 0 Å². The minimum Gasteiger partial charge on any atom is -0.352 e. The van der Waals surface area contributed by atoms with E-state index in [1.165, 1.54) is 12.1 Å². The number of amides is 1. The fraction of sp³-hybridized carbons (Fsp3) is 0.364. The van der Waals surface area contributed by atoms with Gasteiger partial charge in [0.25, 0.3) is 0 Å². The molecule has 0 aromatic heterocycles. The van der Waals surface area contributed by atoms with Crippen LogP contribution in [0.2, 0.25) is 5.02 Å². The van der Waals surface area contributed by atoms with Crippen LogP contribution in [0.25, 0.3) is 0 Å². The summed E-state index contributed by atoms with van der Waals surface area (Å²) in [6.45, 7) is 0. The van der Waals surface area contributed by atoms with Crippen molar-refractivity contribution in [1.82, 2.24) is 5.32 Å². The minimum atomic E-state index is -1.00. The number of carbonyl (C=O) groups excluding carboxylic acids is 1. The van der Waals surface area contributed by atoms with Gasteiger partial charge in [-0.15, -0.1) is 11.6 Å². The molecule has 0 radical (unpaired) electrons. The van der Waals surface area contributed by atoms with Gasteiger partial charge in [-0.1, -0.05) is 17.7 Å². The van der Waals surface area contributed by atoms with Crippen molar-refractivity contribution in [2.75, 3.05) is 0 Å². The van der Waals surface area contributed by atoms with E-state index in [1.54, 1.807) is 0 Å². The van der Waals surface area contributed by atoms with Gasteiger partial charge in [-0.25, -0.2) is 4.39 Å². The Bertz CT molecular complexity index is 420. The van der Waals surface area contributed by atoms with E-state index in [-0.39, 0.29) is 22.5 Å². The van der Waals surface area contributed by atoms with Gasteiger partial charge in [0.15, 0.2) is 0 Å². The van der Waals surface area contributed by atoms with E-state index < -0.39 is 11.2 Å². The Morgan fingerprint density at radius 3 is 2.75 bits per heavy atom. The Balaban J connectivity index is 2.12. The molecule has 1 fully saturated rings. The predicted molar refractivity (Wildman–Crippen MR) is 61.2 cm³/mol. The second-order valence-corrected chi connectivity index (χ2v) is 4.68. The van der Waals surface area contributed by atoms with Crippen molar-refractivity contribution in [3.63, 3.8) is 0 Å². The number of benzene rings is 1. The molecule has 1 aliphatic carbocycles. The van der Waals surface area contributed by atoms with Crippen molar-refractivity contribution in [1.29, 1.82) is 0 Å². The highest BCUT2D eigenvalue weighted by Crippen LogP contribution is 2.27. The van der Waals surface area contributed by atoms with Gasteiger partial charge in [-0.05, 0) is 25.0 Å². The first kappa shape index (κ1) is 11.7. The number of alkyl halides is 1. The molecule has 2 nitrogen and oxygen atoms in total. The normalized spacial score (nSPS) is 16.9. The van der Waals surface area contributed by atoms with Crippen molar-refractivity contribution in [2.45, 2.75) is 24.3 Å². The average Bonchev–Trinajstić information content (AvgIpc) is 3.00. The lowest BCUT2D eigenvalue weighted by molar-refractivity contribution is -0.121. The van der Waals surface area contributed by atoms with Crippen LogP contribution in [0.1, 0.15) is 23.8 Å². The highest BCUT2D eigenvalue weighted by Gasteiger charge is 2.28. The molecule has 16 heavy (non-hydrogen) atoms. The summed E-state index contributed by atoms with van der Waals surface area (Å²) < 4.78 is 13.5. The van der Waals surface area contributed by atoms with Gasteiger partial charge in [0.05, 0.1) is 0 Å². The first-order valence-corrected chi connectivity index (χ1v) is 5.79. The van der Waals surface area contributed by atoms with Crippen LogP contribution in [-0.4, -0.2) is 11.9 Å². The number of halogens is 3. The van der Waals surface area contributed by atoms with Gasteiger partial charge in [0.2, 0.25) is 5.91 Å². The summed E-state index contributed by atoms with van der Waals surface area (Å²) in [4.78, 5) is 11.6. The fourth-order valence-corrected chi connectivity index (χ4v) is 1.75. The van der Waals surface area contributed by atoms with Crippen molar-refractivity contribution < 1.29 is 9.18 Å². The van der Waals surface area contributed by atoms with Crippen LogP contribution >= 0.6 is 23.2 Å². The Hall–Kier alpha value is -0.800. The van der Waals surface area contributed by atoms with E-state index in [1.807, 2.05) is 0 Å². The summed E-state index contributed by atoms with van der Waals surface area (Å²) in [5.74, 6) is -0.913. The number of carbonyl (C=O) groups is 1. The maximum atomic E-state index is 13.5. The average molecular weight is 262 g/mol. The fourth-order valence-electron chi connectivity index (χ4n) is 1.35. The maximum absolute atomic E-state index is 13.5. The summed E-state index contributed by atoms with van der Waals surface area (Å²) in [7, 11) is 0. The van der Waals surface area contributed by atoms with Crippen LogP contribution in [0.15, 0.2) is 18.2 Å². The van der Waals surface area contributed by atoms with Crippen LogP contribution in [0, 0.1) is 5.82 Å². The van der Waals surface area contributed by atoms with Crippen LogP contribution in [0.3, 0.4) is 0 Å². The van der Waals surface area contributed by atoms with Crippen LogP contribution in [0.4, 0.5) is 4.39 Å². The summed E-state index contributed by atoms with van der Waals surface area (Å²) in [5, 5.41) is 2.01. The molecule has 1 amide bonds. The third-order valence-electron chi connectivity index (χ3n) is 2.39. The second kappa shape index (κ2) is 4.60. The molecule has 0 saturated heterocycles. The van der Waals surface area contributed by atoms with Gasteiger partial charge < -0.3 is 5.32 Å². The van der Waals surface area contributed by atoms with Gasteiger partial charge in [0.1, 0.15) is 11.2 Å². The SMILES string of the molecule is O=C(NC1CC1)C(Cl)c1ccc(Cl)cc1F. The van der Waals surface area contributed by atoms with E-state index in [0.717, 1.165) is 18.9 Å². The molecule has 1 aliphatic rings. The Morgan fingerprint density at radius 1 is 1.50 bits per heavy atom. The predicted octanol–water partition coefficient (Wildman–Crippen LogP) is 3.04. The molecule has 86 valence electrons. The molecule has 1 N–H and O–H groups in total. The zero-order valence-corrected chi connectivity index (χ0v) is 9.85. The molecule has 5 heteroatoms. The molecule has 1 atom stereocenters. The van der Waals surface area contributed by atoms with Crippen LogP contribution < -0.4 is 5.32 Å². The molecule has 0 aliphatic heterocycles. The number of nitrogens with one attached hydrogen (secondary N) is 1. The zero-order valence-electron chi connectivity index (χ0n) is 8.34. The Kier molecular flexibility index (Phi) is 3.36. The highest BCUT2D eigenvalue weighted by molar-refractivity contribution is 6.31. The Labute approximate surface area is 103 Å². The number of hydrogen-bond acceptors (Lipinski definition) is 1. The van der Waals surface area contributed by atoms with E-state index in [9.17, 15) is 9.18 Å². The van der Waals surface area contributed by atoms with Crippen molar-refractivity contribution in [3.05, 3.63) is 34.6 Å². The summed E-state index contributed by atoms with van der Waals surface area (Å²) in [6.07, 6.45) is 1.94. The molecule has 1 unspecified atom stereocenters. The lowest BCUT2D eigenvalue weighted by atomic mass is 10.1. The lowest BCUT2D eigenvalue weighted by Gasteiger charge is -2.11. The summed E-state index contributed by atoms with van der Waals surface area (Å²) >= 11 is 11.5. The topological polar surface area (TPSA) is 29.1 Å². The van der Waals surface area contributed by atoms with Crippen molar-refractivity contribution >= 4 is 29.1 Å². The summed E-state index contributed by atoms with van der Waals surface area (Å²) in [5.41, 5.74) is 0.157. The van der Waals surface area contributed by atoms with Gasteiger partial charge >= 0.3 is 0 Å². The first-order chi connectivity index (χ1) is 7.58. The second-order valence-electron chi connectivity index (χ2n) is 3.81. The van der Waals surface area contributed by atoms with Crippen LogP contribution in [-0.2, 0) is 4.79 Å². The van der Waals surface area contributed by atoms with Gasteiger partial charge in [-0.2, -0.15) is 0 Å². The molecule has 0 heterocycles. The molecule has 1 saturated carbocycles. The molecule has 1 aromatic rings. The first-order valence-electron chi connectivity index (χ1n) is 4.97. The third kappa shape index (κ3) is 2.66. The van der Waals surface area contributed by atoms with Crippen molar-refractivity contribution in [2.24, 2.45) is 0 Å². The van der Waals surface area contributed by atoms with Crippen LogP contribution in [0.5, 0.6) is 0 Å². The molecular formula is C11H10Cl2FNO. The zero-order chi connectivity index (χ0) is 11.7. The van der Waals surface area contributed by atoms with Gasteiger partial charge in [-0.3, -0.25) is 4.79 Å². The third-order valence-corrected chi connectivity index (χ3v) is 3.06.